The van der Waals surface area contributed by atoms with Crippen molar-refractivity contribution in [2.24, 2.45) is 0 Å². The van der Waals surface area contributed by atoms with E-state index < -0.39 is 5.60 Å². The van der Waals surface area contributed by atoms with Crippen LogP contribution in [0.3, 0.4) is 0 Å². The molecular formula is C10H13BrO2S. The van der Waals surface area contributed by atoms with E-state index in [4.69, 9.17) is 4.42 Å². The third kappa shape index (κ3) is 2.02. The zero-order chi connectivity index (χ0) is 10.2. The normalized spacial score (nSPS) is 32.4. The topological polar surface area (TPSA) is 33.4 Å². The van der Waals surface area contributed by atoms with Gasteiger partial charge in [-0.25, -0.2) is 0 Å². The molecule has 0 saturated carbocycles. The molecule has 2 atom stereocenters. The molecule has 4 heteroatoms. The summed E-state index contributed by atoms with van der Waals surface area (Å²) in [6.45, 7) is 2.09. The van der Waals surface area contributed by atoms with Gasteiger partial charge in [-0.15, -0.1) is 0 Å². The summed E-state index contributed by atoms with van der Waals surface area (Å²) in [6, 6.07) is 1.92. The number of aliphatic hydroxyl groups is 1. The lowest BCUT2D eigenvalue weighted by atomic mass is 9.90. The van der Waals surface area contributed by atoms with E-state index in [1.165, 1.54) is 0 Å². The predicted octanol–water partition coefficient (Wildman–Crippen LogP) is 2.84. The average Bonchev–Trinajstić information content (AvgIpc) is 2.62. The first-order valence-electron chi connectivity index (χ1n) is 4.67. The Bertz CT molecular complexity index is 326. The van der Waals surface area contributed by atoms with Crippen LogP contribution in [0.4, 0.5) is 0 Å². The molecule has 1 saturated heterocycles. The van der Waals surface area contributed by atoms with Crippen LogP contribution in [0, 0.1) is 0 Å². The van der Waals surface area contributed by atoms with Gasteiger partial charge in [-0.05, 0) is 39.7 Å². The molecule has 0 aliphatic carbocycles. The van der Waals surface area contributed by atoms with Crippen LogP contribution in [-0.2, 0) is 6.42 Å². The van der Waals surface area contributed by atoms with Gasteiger partial charge in [0.05, 0.1) is 11.9 Å². The molecule has 1 aromatic rings. The Morgan fingerprint density at radius 3 is 3.07 bits per heavy atom. The smallest absolute Gasteiger partial charge is 0.169 e. The zero-order valence-electron chi connectivity index (χ0n) is 8.00. The van der Waals surface area contributed by atoms with Crippen molar-refractivity contribution in [2.45, 2.75) is 30.6 Å². The standard InChI is InChI=1S/C10H13BrO2S/c1-7-10(12,2-3-14-7)5-8-4-9(11)13-6-8/h4,6-7,12H,2-3,5H2,1H3. The van der Waals surface area contributed by atoms with Crippen molar-refractivity contribution in [3.8, 4) is 0 Å². The predicted molar refractivity (Wildman–Crippen MR) is 61.6 cm³/mol. The second kappa shape index (κ2) is 3.91. The SMILES string of the molecule is CC1SCCC1(O)Cc1coc(Br)c1. The van der Waals surface area contributed by atoms with Gasteiger partial charge in [-0.1, -0.05) is 6.92 Å². The maximum absolute atomic E-state index is 10.3. The molecule has 1 N–H and O–H groups in total. The van der Waals surface area contributed by atoms with Gasteiger partial charge in [0.2, 0.25) is 0 Å². The van der Waals surface area contributed by atoms with Crippen molar-refractivity contribution in [3.05, 3.63) is 22.6 Å². The molecule has 78 valence electrons. The van der Waals surface area contributed by atoms with Crippen molar-refractivity contribution in [1.82, 2.24) is 0 Å². The molecule has 0 bridgehead atoms. The molecule has 1 aromatic heterocycles. The van der Waals surface area contributed by atoms with E-state index in [0.29, 0.717) is 11.7 Å². The first kappa shape index (κ1) is 10.6. The van der Waals surface area contributed by atoms with Gasteiger partial charge in [0.15, 0.2) is 4.67 Å². The van der Waals surface area contributed by atoms with E-state index in [2.05, 4.69) is 22.9 Å². The fourth-order valence-corrected chi connectivity index (χ4v) is 3.52. The van der Waals surface area contributed by atoms with Crippen molar-refractivity contribution in [2.75, 3.05) is 5.75 Å². The molecule has 0 radical (unpaired) electrons. The van der Waals surface area contributed by atoms with Crippen LogP contribution in [0.1, 0.15) is 18.9 Å². The molecule has 1 aliphatic heterocycles. The Kier molecular flexibility index (Phi) is 2.96. The fourth-order valence-electron chi connectivity index (χ4n) is 1.79. The highest BCUT2D eigenvalue weighted by molar-refractivity contribution is 9.10. The Labute approximate surface area is 96.2 Å². The summed E-state index contributed by atoms with van der Waals surface area (Å²) in [6.07, 6.45) is 3.27. The Hall–Kier alpha value is 0.0700. The van der Waals surface area contributed by atoms with Gasteiger partial charge < -0.3 is 9.52 Å². The van der Waals surface area contributed by atoms with Crippen LogP contribution in [-0.4, -0.2) is 21.7 Å². The molecular weight excluding hydrogens is 264 g/mol. The van der Waals surface area contributed by atoms with Crippen LogP contribution in [0.5, 0.6) is 0 Å². The first-order valence-corrected chi connectivity index (χ1v) is 6.51. The van der Waals surface area contributed by atoms with Crippen molar-refractivity contribution in [3.63, 3.8) is 0 Å². The number of hydrogen-bond acceptors (Lipinski definition) is 3. The molecule has 2 heterocycles. The lowest BCUT2D eigenvalue weighted by Gasteiger charge is -2.25. The Morgan fingerprint density at radius 1 is 1.79 bits per heavy atom. The van der Waals surface area contributed by atoms with Crippen LogP contribution in [0.2, 0.25) is 0 Å². The highest BCUT2D eigenvalue weighted by Gasteiger charge is 2.39. The minimum absolute atomic E-state index is 0.316. The monoisotopic (exact) mass is 276 g/mol. The third-order valence-corrected chi connectivity index (χ3v) is 4.59. The second-order valence-electron chi connectivity index (χ2n) is 3.80. The van der Waals surface area contributed by atoms with E-state index in [1.807, 2.05) is 17.8 Å². The van der Waals surface area contributed by atoms with Gasteiger partial charge in [-0.2, -0.15) is 11.8 Å². The maximum Gasteiger partial charge on any atom is 0.169 e. The summed E-state index contributed by atoms with van der Waals surface area (Å²) >= 11 is 5.10. The van der Waals surface area contributed by atoms with Crippen molar-refractivity contribution < 1.29 is 9.52 Å². The largest absolute Gasteiger partial charge is 0.457 e. The Balaban J connectivity index is 2.10. The quantitative estimate of drug-likeness (QED) is 0.902. The summed E-state index contributed by atoms with van der Waals surface area (Å²) in [5.41, 5.74) is 0.516. The summed E-state index contributed by atoms with van der Waals surface area (Å²) in [5, 5.41) is 10.7. The van der Waals surface area contributed by atoms with Crippen LogP contribution in [0.15, 0.2) is 21.4 Å². The number of halogens is 1. The van der Waals surface area contributed by atoms with E-state index in [0.717, 1.165) is 22.4 Å². The molecule has 0 amide bonds. The maximum atomic E-state index is 10.3. The minimum Gasteiger partial charge on any atom is -0.457 e. The molecule has 14 heavy (non-hydrogen) atoms. The van der Waals surface area contributed by atoms with Gasteiger partial charge in [0, 0.05) is 11.7 Å². The highest BCUT2D eigenvalue weighted by atomic mass is 79.9. The zero-order valence-corrected chi connectivity index (χ0v) is 10.4. The summed E-state index contributed by atoms with van der Waals surface area (Å²) in [5.74, 6) is 1.05. The second-order valence-corrected chi connectivity index (χ2v) is 6.03. The third-order valence-electron chi connectivity index (χ3n) is 2.79. The van der Waals surface area contributed by atoms with Crippen molar-refractivity contribution >= 4 is 27.7 Å². The van der Waals surface area contributed by atoms with E-state index in [9.17, 15) is 5.11 Å². The first-order chi connectivity index (χ1) is 6.60. The molecule has 0 aromatic carbocycles. The molecule has 1 fully saturated rings. The highest BCUT2D eigenvalue weighted by Crippen LogP contribution is 2.38. The van der Waals surface area contributed by atoms with Crippen molar-refractivity contribution in [1.29, 1.82) is 0 Å². The number of furan rings is 1. The lowest BCUT2D eigenvalue weighted by molar-refractivity contribution is 0.0463. The van der Waals surface area contributed by atoms with Gasteiger partial charge in [-0.3, -0.25) is 0 Å². The lowest BCUT2D eigenvalue weighted by Crippen LogP contribution is -2.36. The average molecular weight is 277 g/mol. The fraction of sp³-hybridized carbons (Fsp3) is 0.600. The van der Waals surface area contributed by atoms with Gasteiger partial charge in [0.1, 0.15) is 0 Å². The molecule has 0 spiro atoms. The number of thioether (sulfide) groups is 1. The minimum atomic E-state index is -0.548. The van der Waals surface area contributed by atoms with Crippen LogP contribution < -0.4 is 0 Å². The molecule has 2 rings (SSSR count). The van der Waals surface area contributed by atoms with E-state index >= 15 is 0 Å². The molecule has 2 nitrogen and oxygen atoms in total. The van der Waals surface area contributed by atoms with E-state index in [-0.39, 0.29) is 0 Å². The van der Waals surface area contributed by atoms with Crippen LogP contribution in [0.25, 0.3) is 0 Å². The summed E-state index contributed by atoms with van der Waals surface area (Å²) < 4.78 is 5.88. The van der Waals surface area contributed by atoms with E-state index in [1.54, 1.807) is 6.26 Å². The van der Waals surface area contributed by atoms with Gasteiger partial charge in [0.25, 0.3) is 0 Å². The summed E-state index contributed by atoms with van der Waals surface area (Å²) in [4.78, 5) is 0. The van der Waals surface area contributed by atoms with Crippen LogP contribution >= 0.6 is 27.7 Å². The van der Waals surface area contributed by atoms with Gasteiger partial charge >= 0.3 is 0 Å². The molecule has 1 aliphatic rings. The summed E-state index contributed by atoms with van der Waals surface area (Å²) in [7, 11) is 0. The number of hydrogen-bond donors (Lipinski definition) is 1. The Morgan fingerprint density at radius 2 is 2.57 bits per heavy atom. The number of rotatable bonds is 2. The molecule has 2 unspecified atom stereocenters.